The quantitative estimate of drug-likeness (QED) is 0.580. The molecule has 9 heteroatoms. The first-order chi connectivity index (χ1) is 12.9. The lowest BCUT2D eigenvalue weighted by Gasteiger charge is -2.33. The van der Waals surface area contributed by atoms with E-state index in [0.717, 1.165) is 30.5 Å². The van der Waals surface area contributed by atoms with E-state index in [9.17, 15) is 0 Å². The number of benzene rings is 1. The highest BCUT2D eigenvalue weighted by atomic mass is 35.5. The molecule has 3 heterocycles. The number of piperazine rings is 1. The third kappa shape index (κ3) is 3.84. The van der Waals surface area contributed by atoms with Crippen molar-refractivity contribution in [2.24, 2.45) is 0 Å². The fourth-order valence-corrected chi connectivity index (χ4v) is 3.74. The normalized spacial score (nSPS) is 24.9. The Balaban J connectivity index is 1.74. The summed E-state index contributed by atoms with van der Waals surface area (Å²) < 4.78 is 0. The summed E-state index contributed by atoms with van der Waals surface area (Å²) >= 11 is 11.9. The number of anilines is 1. The van der Waals surface area contributed by atoms with E-state index < -0.39 is 5.66 Å². The van der Waals surface area contributed by atoms with Crippen LogP contribution < -0.4 is 21.5 Å². The summed E-state index contributed by atoms with van der Waals surface area (Å²) in [6.45, 7) is 6.75. The summed E-state index contributed by atoms with van der Waals surface area (Å²) in [4.78, 5) is 12.3. The molecular formula is C18H22ClN7S. The molecule has 2 aliphatic heterocycles. The lowest BCUT2D eigenvalue weighted by Crippen LogP contribution is -2.51. The predicted molar refractivity (Wildman–Crippen MR) is 113 cm³/mol. The van der Waals surface area contributed by atoms with Gasteiger partial charge in [-0.1, -0.05) is 23.8 Å². The lowest BCUT2D eigenvalue weighted by atomic mass is 10.1. The third-order valence-corrected chi connectivity index (χ3v) is 5.39. The minimum atomic E-state index is -0.480. The largest absolute Gasteiger partial charge is 0.357 e. The summed E-state index contributed by atoms with van der Waals surface area (Å²) in [5, 5.41) is 8.35. The molecule has 27 heavy (non-hydrogen) atoms. The molecule has 2 unspecified atom stereocenters. The van der Waals surface area contributed by atoms with Crippen LogP contribution in [0, 0.1) is 0 Å². The summed E-state index contributed by atoms with van der Waals surface area (Å²) in [6.07, 6.45) is 3.83. The molecule has 0 radical (unpaired) electrons. The van der Waals surface area contributed by atoms with Crippen molar-refractivity contribution in [1.82, 2.24) is 31.0 Å². The number of hydrogen-bond acceptors (Lipinski definition) is 7. The van der Waals surface area contributed by atoms with Gasteiger partial charge in [0.05, 0.1) is 5.52 Å². The molecule has 1 fully saturated rings. The van der Waals surface area contributed by atoms with Gasteiger partial charge in [0.25, 0.3) is 0 Å². The van der Waals surface area contributed by atoms with Gasteiger partial charge in [0.15, 0.2) is 5.82 Å². The Morgan fingerprint density at radius 1 is 1.41 bits per heavy atom. The van der Waals surface area contributed by atoms with E-state index in [-0.39, 0.29) is 0 Å². The monoisotopic (exact) mass is 403 g/mol. The van der Waals surface area contributed by atoms with Crippen molar-refractivity contribution in [3.63, 3.8) is 0 Å². The van der Waals surface area contributed by atoms with Gasteiger partial charge in [-0.25, -0.2) is 15.4 Å². The molecule has 142 valence electrons. The smallest absolute Gasteiger partial charge is 0.189 e. The molecule has 2 atom stereocenters. The van der Waals surface area contributed by atoms with Gasteiger partial charge in [0.1, 0.15) is 16.5 Å². The Morgan fingerprint density at radius 3 is 3.00 bits per heavy atom. The van der Waals surface area contributed by atoms with Crippen molar-refractivity contribution in [2.45, 2.75) is 25.6 Å². The number of thiocarbonyl (C=S) groups is 1. The number of rotatable bonds is 3. The average Bonchev–Trinajstić information content (AvgIpc) is 3.07. The second kappa shape index (κ2) is 7.20. The van der Waals surface area contributed by atoms with Crippen LogP contribution in [0.4, 0.5) is 5.82 Å². The fraction of sp³-hybridized carbons (Fsp3) is 0.389. The predicted octanol–water partition coefficient (Wildman–Crippen LogP) is 2.00. The zero-order valence-corrected chi connectivity index (χ0v) is 16.8. The Kier molecular flexibility index (Phi) is 4.90. The highest BCUT2D eigenvalue weighted by Gasteiger charge is 2.26. The first kappa shape index (κ1) is 18.4. The van der Waals surface area contributed by atoms with E-state index in [2.05, 4.69) is 33.3 Å². The SMILES string of the molecule is CC1CN(C(=S)c2nc(NC3(C)C=CNN3)c3cc(Cl)ccc3n2)CCN1. The minimum Gasteiger partial charge on any atom is -0.357 e. The summed E-state index contributed by atoms with van der Waals surface area (Å²) in [5.41, 5.74) is 6.47. The molecule has 4 N–H and O–H groups in total. The van der Waals surface area contributed by atoms with E-state index in [1.54, 1.807) is 0 Å². The van der Waals surface area contributed by atoms with Crippen LogP contribution in [0.1, 0.15) is 19.7 Å². The van der Waals surface area contributed by atoms with E-state index in [4.69, 9.17) is 33.8 Å². The van der Waals surface area contributed by atoms with Gasteiger partial charge in [-0.2, -0.15) is 0 Å². The van der Waals surface area contributed by atoms with Crippen LogP contribution in [-0.2, 0) is 0 Å². The highest BCUT2D eigenvalue weighted by Crippen LogP contribution is 2.27. The first-order valence-electron chi connectivity index (χ1n) is 8.92. The second-order valence-corrected chi connectivity index (χ2v) is 7.92. The molecule has 4 rings (SSSR count). The van der Waals surface area contributed by atoms with Crippen molar-refractivity contribution in [3.05, 3.63) is 41.3 Å². The van der Waals surface area contributed by atoms with Crippen molar-refractivity contribution >= 4 is 45.5 Å². The van der Waals surface area contributed by atoms with Gasteiger partial charge in [-0.3, -0.25) is 0 Å². The number of nitrogens with one attached hydrogen (secondary N) is 4. The molecule has 0 amide bonds. The molecule has 0 aliphatic carbocycles. The number of hydrazine groups is 1. The molecular weight excluding hydrogens is 382 g/mol. The standard InChI is InChI=1S/C18H22ClN7S/c1-11-10-26(8-7-20-11)17(27)16-22-14-4-3-12(19)9-13(14)15(23-16)24-18(2)5-6-21-25-18/h3-6,9,11,20-21,25H,7-8,10H2,1-2H3,(H,22,23,24). The van der Waals surface area contributed by atoms with Gasteiger partial charge < -0.3 is 21.0 Å². The fourth-order valence-electron chi connectivity index (χ4n) is 3.31. The maximum Gasteiger partial charge on any atom is 0.189 e. The topological polar surface area (TPSA) is 77.1 Å². The molecule has 0 spiro atoms. The Labute approximate surface area is 168 Å². The van der Waals surface area contributed by atoms with Gasteiger partial charge >= 0.3 is 0 Å². The van der Waals surface area contributed by atoms with Crippen LogP contribution in [-0.4, -0.2) is 51.2 Å². The number of fused-ring (bicyclic) bond motifs is 1. The van der Waals surface area contributed by atoms with E-state index in [1.807, 2.05) is 37.4 Å². The Hall–Kier alpha value is -2.00. The molecule has 7 nitrogen and oxygen atoms in total. The average molecular weight is 404 g/mol. The van der Waals surface area contributed by atoms with Gasteiger partial charge in [0, 0.05) is 42.3 Å². The molecule has 1 aromatic heterocycles. The molecule has 0 bridgehead atoms. The van der Waals surface area contributed by atoms with Crippen LogP contribution in [0.3, 0.4) is 0 Å². The zero-order valence-electron chi connectivity index (χ0n) is 15.2. The number of nitrogens with zero attached hydrogens (tertiary/aromatic N) is 3. The Bertz CT molecular complexity index is 918. The van der Waals surface area contributed by atoms with Crippen molar-refractivity contribution in [2.75, 3.05) is 25.0 Å². The Morgan fingerprint density at radius 2 is 2.26 bits per heavy atom. The van der Waals surface area contributed by atoms with Crippen LogP contribution in [0.5, 0.6) is 0 Å². The molecule has 1 aromatic carbocycles. The van der Waals surface area contributed by atoms with Gasteiger partial charge in [-0.05, 0) is 38.1 Å². The van der Waals surface area contributed by atoms with Crippen molar-refractivity contribution in [1.29, 1.82) is 0 Å². The summed E-state index contributed by atoms with van der Waals surface area (Å²) in [6, 6.07) is 5.98. The van der Waals surface area contributed by atoms with Crippen LogP contribution >= 0.6 is 23.8 Å². The highest BCUT2D eigenvalue weighted by molar-refractivity contribution is 7.80. The third-order valence-electron chi connectivity index (χ3n) is 4.71. The summed E-state index contributed by atoms with van der Waals surface area (Å²) in [7, 11) is 0. The maximum atomic E-state index is 6.22. The van der Waals surface area contributed by atoms with E-state index in [0.29, 0.717) is 27.7 Å². The minimum absolute atomic E-state index is 0.381. The molecule has 0 saturated carbocycles. The molecule has 2 aliphatic rings. The second-order valence-electron chi connectivity index (χ2n) is 7.09. The van der Waals surface area contributed by atoms with Gasteiger partial charge in [0.2, 0.25) is 0 Å². The van der Waals surface area contributed by atoms with Gasteiger partial charge in [-0.15, -0.1) is 0 Å². The molecule has 1 saturated heterocycles. The lowest BCUT2D eigenvalue weighted by molar-refractivity contribution is 0.307. The number of aromatic nitrogens is 2. The van der Waals surface area contributed by atoms with E-state index in [1.165, 1.54) is 0 Å². The van der Waals surface area contributed by atoms with Crippen LogP contribution in [0.15, 0.2) is 30.5 Å². The van der Waals surface area contributed by atoms with Crippen molar-refractivity contribution in [3.8, 4) is 0 Å². The van der Waals surface area contributed by atoms with E-state index >= 15 is 0 Å². The zero-order chi connectivity index (χ0) is 19.0. The number of halogens is 1. The maximum absolute atomic E-state index is 6.22. The first-order valence-corrected chi connectivity index (χ1v) is 9.71. The van der Waals surface area contributed by atoms with Crippen molar-refractivity contribution < 1.29 is 0 Å². The number of hydrogen-bond donors (Lipinski definition) is 4. The molecule has 2 aromatic rings. The van der Waals surface area contributed by atoms with Crippen LogP contribution in [0.2, 0.25) is 5.02 Å². The van der Waals surface area contributed by atoms with Crippen LogP contribution in [0.25, 0.3) is 10.9 Å². The summed E-state index contributed by atoms with van der Waals surface area (Å²) in [5.74, 6) is 1.24.